The summed E-state index contributed by atoms with van der Waals surface area (Å²) in [6, 6.07) is 6.04. The molecule has 146 valence electrons. The van der Waals surface area contributed by atoms with E-state index in [-0.39, 0.29) is 22.9 Å². The molecule has 6 nitrogen and oxygen atoms in total. The zero-order valence-corrected chi connectivity index (χ0v) is 16.7. The van der Waals surface area contributed by atoms with Crippen molar-refractivity contribution in [2.24, 2.45) is 0 Å². The van der Waals surface area contributed by atoms with Crippen molar-refractivity contribution in [3.8, 4) is 0 Å². The van der Waals surface area contributed by atoms with E-state index < -0.39 is 32.0 Å². The van der Waals surface area contributed by atoms with Gasteiger partial charge in [0.1, 0.15) is 0 Å². The first kappa shape index (κ1) is 19.8. The van der Waals surface area contributed by atoms with Crippen LogP contribution in [-0.4, -0.2) is 56.4 Å². The summed E-state index contributed by atoms with van der Waals surface area (Å²) in [4.78, 5) is 0.149. The second-order valence-electron chi connectivity index (χ2n) is 7.32. The first-order valence-electron chi connectivity index (χ1n) is 9.25. The lowest BCUT2D eigenvalue weighted by Crippen LogP contribution is -2.46. The van der Waals surface area contributed by atoms with Gasteiger partial charge in [0, 0.05) is 6.54 Å². The predicted molar refractivity (Wildman–Crippen MR) is 100 cm³/mol. The Morgan fingerprint density at radius 3 is 2.19 bits per heavy atom. The Labute approximate surface area is 156 Å². The summed E-state index contributed by atoms with van der Waals surface area (Å²) in [5.41, 5.74) is 1.16. The summed E-state index contributed by atoms with van der Waals surface area (Å²) in [7, 11) is -7.28. The van der Waals surface area contributed by atoms with E-state index in [1.807, 2.05) is 12.1 Å². The molecule has 8 heteroatoms. The summed E-state index contributed by atoms with van der Waals surface area (Å²) < 4.78 is 50.7. The first-order chi connectivity index (χ1) is 12.2. The monoisotopic (exact) mass is 401 g/mol. The van der Waals surface area contributed by atoms with Gasteiger partial charge in [-0.1, -0.05) is 38.3 Å². The van der Waals surface area contributed by atoms with Crippen LogP contribution in [0.4, 0.5) is 0 Å². The van der Waals surface area contributed by atoms with Gasteiger partial charge >= 0.3 is 0 Å². The maximum Gasteiger partial charge on any atom is 0.243 e. The van der Waals surface area contributed by atoms with Crippen LogP contribution in [0.3, 0.4) is 0 Å². The third-order valence-electron chi connectivity index (χ3n) is 5.54. The van der Waals surface area contributed by atoms with E-state index in [2.05, 4.69) is 0 Å². The third-order valence-corrected chi connectivity index (χ3v) is 9.25. The van der Waals surface area contributed by atoms with Gasteiger partial charge in [0.05, 0.1) is 28.5 Å². The second-order valence-corrected chi connectivity index (χ2v) is 11.4. The minimum absolute atomic E-state index is 0.115. The Balaban J connectivity index is 1.84. The summed E-state index contributed by atoms with van der Waals surface area (Å²) in [6.45, 7) is 1.77. The largest absolute Gasteiger partial charge is 0.390 e. The number of nitrogens with zero attached hydrogens (tertiary/aromatic N) is 1. The molecule has 0 radical (unpaired) electrons. The number of benzene rings is 1. The number of sulfone groups is 1. The van der Waals surface area contributed by atoms with Crippen molar-refractivity contribution in [2.75, 3.05) is 18.1 Å². The summed E-state index contributed by atoms with van der Waals surface area (Å²) in [5, 5.41) is 10.1. The number of sulfonamides is 1. The highest BCUT2D eigenvalue weighted by Gasteiger charge is 2.44. The molecule has 1 saturated carbocycles. The first-order valence-corrected chi connectivity index (χ1v) is 12.5. The van der Waals surface area contributed by atoms with Gasteiger partial charge in [-0.2, -0.15) is 4.31 Å². The molecule has 2 atom stereocenters. The number of hydrogen-bond donors (Lipinski definition) is 1. The van der Waals surface area contributed by atoms with E-state index >= 15 is 0 Å². The van der Waals surface area contributed by atoms with E-state index in [0.717, 1.165) is 22.7 Å². The second kappa shape index (κ2) is 7.58. The quantitative estimate of drug-likeness (QED) is 0.814. The predicted octanol–water partition coefficient (Wildman–Crippen LogP) is 1.90. The Kier molecular flexibility index (Phi) is 5.77. The van der Waals surface area contributed by atoms with E-state index in [1.165, 1.54) is 19.3 Å². The smallest absolute Gasteiger partial charge is 0.243 e. The van der Waals surface area contributed by atoms with Crippen LogP contribution in [0.1, 0.15) is 50.5 Å². The Morgan fingerprint density at radius 1 is 1.08 bits per heavy atom. The SMILES string of the molecule is CCN([C@H]1CS(=O)(=O)C[C@@H]1O)S(=O)(=O)c1ccc(C2CCCCC2)cc1. The van der Waals surface area contributed by atoms with Gasteiger partial charge in [-0.25, -0.2) is 16.8 Å². The minimum atomic E-state index is -3.86. The molecule has 1 N–H and O–H groups in total. The van der Waals surface area contributed by atoms with Crippen LogP contribution >= 0.6 is 0 Å². The molecule has 1 aliphatic heterocycles. The highest BCUT2D eigenvalue weighted by molar-refractivity contribution is 7.92. The molecule has 1 aromatic rings. The minimum Gasteiger partial charge on any atom is -0.390 e. The number of aliphatic hydroxyl groups excluding tert-OH is 1. The van der Waals surface area contributed by atoms with Crippen molar-refractivity contribution in [3.05, 3.63) is 29.8 Å². The number of likely N-dealkylation sites (N-methyl/N-ethyl adjacent to an activating group) is 1. The molecule has 3 rings (SSSR count). The molecule has 0 unspecified atom stereocenters. The van der Waals surface area contributed by atoms with Crippen LogP contribution in [0.15, 0.2) is 29.2 Å². The fourth-order valence-corrected chi connectivity index (χ4v) is 7.71. The maximum absolute atomic E-state index is 13.0. The van der Waals surface area contributed by atoms with Crippen LogP contribution in [0.25, 0.3) is 0 Å². The van der Waals surface area contributed by atoms with Gasteiger partial charge in [-0.15, -0.1) is 0 Å². The summed E-state index contributed by atoms with van der Waals surface area (Å²) >= 11 is 0. The number of aliphatic hydroxyl groups is 1. The lowest BCUT2D eigenvalue weighted by molar-refractivity contribution is 0.130. The van der Waals surface area contributed by atoms with Crippen molar-refractivity contribution in [2.45, 2.75) is 62.0 Å². The molecular weight excluding hydrogens is 374 g/mol. The van der Waals surface area contributed by atoms with Crippen molar-refractivity contribution in [3.63, 3.8) is 0 Å². The van der Waals surface area contributed by atoms with Gasteiger partial charge in [0.25, 0.3) is 0 Å². The van der Waals surface area contributed by atoms with Crippen LogP contribution < -0.4 is 0 Å². The molecule has 1 aromatic carbocycles. The van der Waals surface area contributed by atoms with Crippen LogP contribution in [0, 0.1) is 0 Å². The standard InChI is InChI=1S/C18H27NO5S2/c1-2-19(17-12-25(21,22)13-18(17)20)26(23,24)16-10-8-15(9-11-16)14-6-4-3-5-7-14/h8-11,14,17-18,20H,2-7,12-13H2,1H3/t17-,18-/m0/s1. The fourth-order valence-electron chi connectivity index (χ4n) is 4.15. The van der Waals surface area contributed by atoms with Gasteiger partial charge in [-0.05, 0) is 36.5 Å². The zero-order valence-electron chi connectivity index (χ0n) is 15.0. The van der Waals surface area contributed by atoms with Crippen molar-refractivity contribution < 1.29 is 21.9 Å². The third kappa shape index (κ3) is 3.98. The molecule has 1 aliphatic carbocycles. The van der Waals surface area contributed by atoms with Crippen LogP contribution in [-0.2, 0) is 19.9 Å². The van der Waals surface area contributed by atoms with Gasteiger partial charge in [0.15, 0.2) is 9.84 Å². The van der Waals surface area contributed by atoms with E-state index in [1.54, 1.807) is 19.1 Å². The highest BCUT2D eigenvalue weighted by atomic mass is 32.2. The van der Waals surface area contributed by atoms with E-state index in [4.69, 9.17) is 0 Å². The molecule has 0 aromatic heterocycles. The molecule has 0 amide bonds. The normalized spacial score (nSPS) is 27.0. The summed E-state index contributed by atoms with van der Waals surface area (Å²) in [5.74, 6) is -0.226. The van der Waals surface area contributed by atoms with Crippen LogP contribution in [0.2, 0.25) is 0 Å². The van der Waals surface area contributed by atoms with Gasteiger partial charge in [0.2, 0.25) is 10.0 Å². The molecule has 2 aliphatic rings. The topological polar surface area (TPSA) is 91.8 Å². The molecule has 1 heterocycles. The lowest BCUT2D eigenvalue weighted by Gasteiger charge is -2.28. The molecule has 2 fully saturated rings. The zero-order chi connectivity index (χ0) is 18.9. The summed E-state index contributed by atoms with van der Waals surface area (Å²) in [6.07, 6.45) is 4.78. The Hall–Kier alpha value is -0.960. The molecular formula is C18H27NO5S2. The lowest BCUT2D eigenvalue weighted by atomic mass is 9.84. The molecule has 1 saturated heterocycles. The highest BCUT2D eigenvalue weighted by Crippen LogP contribution is 2.33. The number of hydrogen-bond acceptors (Lipinski definition) is 5. The van der Waals surface area contributed by atoms with Crippen molar-refractivity contribution in [1.82, 2.24) is 4.31 Å². The Bertz CT molecular complexity index is 827. The van der Waals surface area contributed by atoms with Crippen LogP contribution in [0.5, 0.6) is 0 Å². The fraction of sp³-hybridized carbons (Fsp3) is 0.667. The maximum atomic E-state index is 13.0. The Morgan fingerprint density at radius 2 is 1.69 bits per heavy atom. The van der Waals surface area contributed by atoms with E-state index in [0.29, 0.717) is 5.92 Å². The van der Waals surface area contributed by atoms with E-state index in [9.17, 15) is 21.9 Å². The van der Waals surface area contributed by atoms with Crippen molar-refractivity contribution in [1.29, 1.82) is 0 Å². The number of rotatable bonds is 5. The molecule has 0 spiro atoms. The molecule has 0 bridgehead atoms. The average Bonchev–Trinajstić information content (AvgIpc) is 2.88. The van der Waals surface area contributed by atoms with Gasteiger partial charge < -0.3 is 5.11 Å². The average molecular weight is 402 g/mol. The van der Waals surface area contributed by atoms with Gasteiger partial charge in [-0.3, -0.25) is 0 Å². The molecule has 26 heavy (non-hydrogen) atoms. The van der Waals surface area contributed by atoms with Crippen molar-refractivity contribution >= 4 is 19.9 Å².